The second-order valence-electron chi connectivity index (χ2n) is 4.77. The van der Waals surface area contributed by atoms with Gasteiger partial charge in [-0.1, -0.05) is 6.07 Å². The third-order valence-electron chi connectivity index (χ3n) is 3.39. The molecule has 92 valence electrons. The van der Waals surface area contributed by atoms with Gasteiger partial charge in [-0.25, -0.2) is 4.39 Å². The fourth-order valence-electron chi connectivity index (χ4n) is 2.49. The van der Waals surface area contributed by atoms with Crippen molar-refractivity contribution in [1.82, 2.24) is 0 Å². The van der Waals surface area contributed by atoms with Gasteiger partial charge in [-0.05, 0) is 44.4 Å². The van der Waals surface area contributed by atoms with Crippen LogP contribution in [0.2, 0.25) is 0 Å². The van der Waals surface area contributed by atoms with E-state index in [1.54, 1.807) is 6.92 Å². The summed E-state index contributed by atoms with van der Waals surface area (Å²) in [5.41, 5.74) is 1.79. The molecule has 0 amide bonds. The largest absolute Gasteiger partial charge is 0.378 e. The Bertz CT molecular complexity index is 431. The van der Waals surface area contributed by atoms with Gasteiger partial charge in [0, 0.05) is 6.61 Å². The quantitative estimate of drug-likeness (QED) is 0.738. The zero-order chi connectivity index (χ0) is 12.6. The van der Waals surface area contributed by atoms with E-state index in [4.69, 9.17) is 4.74 Å². The van der Waals surface area contributed by atoms with Crippen LogP contribution in [0.4, 0.5) is 4.39 Å². The molecule has 0 spiro atoms. The highest BCUT2D eigenvalue weighted by atomic mass is 19.1. The van der Waals surface area contributed by atoms with Crippen LogP contribution in [0.15, 0.2) is 12.1 Å². The monoisotopic (exact) mass is 236 g/mol. The summed E-state index contributed by atoms with van der Waals surface area (Å²) in [4.78, 5) is 12.3. The Morgan fingerprint density at radius 2 is 2.12 bits per heavy atom. The Kier molecular flexibility index (Phi) is 3.29. The minimum Gasteiger partial charge on any atom is -0.378 e. The van der Waals surface area contributed by atoms with Gasteiger partial charge in [0.2, 0.25) is 0 Å². The molecule has 2 atom stereocenters. The summed E-state index contributed by atoms with van der Waals surface area (Å²) in [6.45, 7) is 6.07. The summed E-state index contributed by atoms with van der Waals surface area (Å²) in [5.74, 6) is -0.734. The van der Waals surface area contributed by atoms with Crippen LogP contribution in [0.1, 0.15) is 34.8 Å². The van der Waals surface area contributed by atoms with Gasteiger partial charge in [-0.3, -0.25) is 4.79 Å². The van der Waals surface area contributed by atoms with E-state index in [2.05, 4.69) is 0 Å². The van der Waals surface area contributed by atoms with Crippen LogP contribution >= 0.6 is 0 Å². The molecule has 2 rings (SSSR count). The van der Waals surface area contributed by atoms with E-state index in [-0.39, 0.29) is 23.4 Å². The maximum atomic E-state index is 13.9. The summed E-state index contributed by atoms with van der Waals surface area (Å²) in [6.07, 6.45) is 0.579. The third-order valence-corrected chi connectivity index (χ3v) is 3.39. The van der Waals surface area contributed by atoms with E-state index in [9.17, 15) is 9.18 Å². The Morgan fingerprint density at radius 3 is 2.65 bits per heavy atom. The summed E-state index contributed by atoms with van der Waals surface area (Å²) < 4.78 is 19.2. The van der Waals surface area contributed by atoms with Crippen LogP contribution in [0.5, 0.6) is 0 Å². The summed E-state index contributed by atoms with van der Waals surface area (Å²) >= 11 is 0. The van der Waals surface area contributed by atoms with E-state index >= 15 is 0 Å². The Morgan fingerprint density at radius 1 is 1.41 bits per heavy atom. The fourth-order valence-corrected chi connectivity index (χ4v) is 2.49. The van der Waals surface area contributed by atoms with Crippen LogP contribution < -0.4 is 0 Å². The molecule has 17 heavy (non-hydrogen) atoms. The maximum Gasteiger partial charge on any atom is 0.171 e. The van der Waals surface area contributed by atoms with Crippen LogP contribution in [-0.2, 0) is 4.74 Å². The first-order valence-corrected chi connectivity index (χ1v) is 5.93. The van der Waals surface area contributed by atoms with Gasteiger partial charge in [0.05, 0.1) is 17.6 Å². The third kappa shape index (κ3) is 2.25. The first-order chi connectivity index (χ1) is 8.00. The van der Waals surface area contributed by atoms with Crippen molar-refractivity contribution < 1.29 is 13.9 Å². The highest BCUT2D eigenvalue weighted by molar-refractivity contribution is 5.99. The van der Waals surface area contributed by atoms with Crippen molar-refractivity contribution in [2.75, 3.05) is 6.61 Å². The number of ketones is 1. The molecule has 2 unspecified atom stereocenters. The summed E-state index contributed by atoms with van der Waals surface area (Å²) in [7, 11) is 0. The van der Waals surface area contributed by atoms with Crippen LogP contribution in [0, 0.1) is 25.6 Å². The van der Waals surface area contributed by atoms with Gasteiger partial charge in [-0.2, -0.15) is 0 Å². The lowest BCUT2D eigenvalue weighted by Crippen LogP contribution is -2.23. The fraction of sp³-hybridized carbons (Fsp3) is 0.500. The molecular weight excluding hydrogens is 219 g/mol. The molecule has 1 aromatic rings. The molecule has 0 bridgehead atoms. The lowest BCUT2D eigenvalue weighted by atomic mass is 9.89. The van der Waals surface area contributed by atoms with Gasteiger partial charge in [0.25, 0.3) is 0 Å². The van der Waals surface area contributed by atoms with Gasteiger partial charge >= 0.3 is 0 Å². The zero-order valence-electron chi connectivity index (χ0n) is 10.4. The normalized spacial score (nSPS) is 24.0. The number of ether oxygens (including phenoxy) is 1. The number of aryl methyl sites for hydroxylation is 2. The van der Waals surface area contributed by atoms with Crippen molar-refractivity contribution >= 4 is 5.78 Å². The topological polar surface area (TPSA) is 26.3 Å². The van der Waals surface area contributed by atoms with E-state index in [0.717, 1.165) is 5.56 Å². The molecule has 2 nitrogen and oxygen atoms in total. The summed E-state index contributed by atoms with van der Waals surface area (Å²) in [6, 6.07) is 3.26. The van der Waals surface area contributed by atoms with Crippen molar-refractivity contribution in [3.05, 3.63) is 34.6 Å². The SMILES string of the molecule is Cc1cc(C)c(C(=O)C2CCOC2C)c(F)c1. The van der Waals surface area contributed by atoms with Crippen molar-refractivity contribution in [1.29, 1.82) is 0 Å². The number of Topliss-reactive ketones (excluding diaryl/α,β-unsaturated/α-hetero) is 1. The molecule has 0 saturated carbocycles. The Labute approximate surface area is 101 Å². The van der Waals surface area contributed by atoms with Gasteiger partial charge < -0.3 is 4.74 Å². The van der Waals surface area contributed by atoms with Crippen molar-refractivity contribution in [3.8, 4) is 0 Å². The number of halogens is 1. The molecule has 1 aliphatic rings. The van der Waals surface area contributed by atoms with E-state index < -0.39 is 5.82 Å². The van der Waals surface area contributed by atoms with Gasteiger partial charge in [0.15, 0.2) is 5.78 Å². The lowest BCUT2D eigenvalue weighted by molar-refractivity contribution is 0.0760. The average molecular weight is 236 g/mol. The van der Waals surface area contributed by atoms with Gasteiger partial charge in [0.1, 0.15) is 5.82 Å². The molecule has 1 saturated heterocycles. The molecular formula is C14H17FO2. The van der Waals surface area contributed by atoms with E-state index in [1.165, 1.54) is 6.07 Å². The van der Waals surface area contributed by atoms with Gasteiger partial charge in [-0.15, -0.1) is 0 Å². The number of carbonyl (C=O) groups is 1. The molecule has 1 heterocycles. The second kappa shape index (κ2) is 4.57. The number of carbonyl (C=O) groups excluding carboxylic acids is 1. The van der Waals surface area contributed by atoms with Crippen LogP contribution in [-0.4, -0.2) is 18.5 Å². The molecule has 1 aromatic carbocycles. The van der Waals surface area contributed by atoms with E-state index in [1.807, 2.05) is 19.9 Å². The molecule has 0 N–H and O–H groups in total. The average Bonchev–Trinajstić information content (AvgIpc) is 2.62. The van der Waals surface area contributed by atoms with Crippen molar-refractivity contribution in [2.24, 2.45) is 5.92 Å². The number of rotatable bonds is 2. The maximum absolute atomic E-state index is 13.9. The predicted octanol–water partition coefficient (Wildman–Crippen LogP) is 3.05. The van der Waals surface area contributed by atoms with Crippen LogP contribution in [0.25, 0.3) is 0 Å². The number of benzene rings is 1. The molecule has 1 fully saturated rings. The first kappa shape index (κ1) is 12.2. The molecule has 0 aromatic heterocycles. The smallest absolute Gasteiger partial charge is 0.171 e. The second-order valence-corrected chi connectivity index (χ2v) is 4.77. The minimum absolute atomic E-state index is 0.109. The van der Waals surface area contributed by atoms with Crippen molar-refractivity contribution in [2.45, 2.75) is 33.3 Å². The zero-order valence-corrected chi connectivity index (χ0v) is 10.4. The van der Waals surface area contributed by atoms with Crippen LogP contribution in [0.3, 0.4) is 0 Å². The highest BCUT2D eigenvalue weighted by Crippen LogP contribution is 2.27. The standard InChI is InChI=1S/C14H17FO2/c1-8-6-9(2)13(12(15)7-8)14(16)11-4-5-17-10(11)3/h6-7,10-11H,4-5H2,1-3H3. The number of hydrogen-bond donors (Lipinski definition) is 0. The minimum atomic E-state index is -0.411. The van der Waals surface area contributed by atoms with Crippen molar-refractivity contribution in [3.63, 3.8) is 0 Å². The molecule has 3 heteroatoms. The first-order valence-electron chi connectivity index (χ1n) is 5.93. The Hall–Kier alpha value is -1.22. The predicted molar refractivity (Wildman–Crippen MR) is 63.7 cm³/mol. The Balaban J connectivity index is 2.37. The molecule has 0 aliphatic carbocycles. The lowest BCUT2D eigenvalue weighted by Gasteiger charge is -2.15. The molecule has 0 radical (unpaired) electrons. The highest BCUT2D eigenvalue weighted by Gasteiger charge is 2.33. The number of hydrogen-bond acceptors (Lipinski definition) is 2. The summed E-state index contributed by atoms with van der Waals surface area (Å²) in [5, 5.41) is 0. The van der Waals surface area contributed by atoms with E-state index in [0.29, 0.717) is 18.6 Å². The molecule has 1 aliphatic heterocycles.